The van der Waals surface area contributed by atoms with E-state index in [1.165, 1.54) is 0 Å². The van der Waals surface area contributed by atoms with Crippen LogP contribution >= 0.6 is 0 Å². The Bertz CT molecular complexity index is 246. The van der Waals surface area contributed by atoms with Crippen molar-refractivity contribution in [3.8, 4) is 0 Å². The van der Waals surface area contributed by atoms with Crippen LogP contribution in [0.5, 0.6) is 0 Å². The third kappa shape index (κ3) is 1.15. The summed E-state index contributed by atoms with van der Waals surface area (Å²) < 4.78 is 0. The van der Waals surface area contributed by atoms with E-state index in [9.17, 15) is 4.79 Å². The summed E-state index contributed by atoms with van der Waals surface area (Å²) in [5, 5.41) is 3.30. The Hall–Kier alpha value is -0.370. The molecule has 0 saturated heterocycles. The van der Waals surface area contributed by atoms with Gasteiger partial charge in [-0.15, -0.1) is 0 Å². The van der Waals surface area contributed by atoms with E-state index in [0.717, 1.165) is 6.42 Å². The zero-order valence-corrected chi connectivity index (χ0v) is 9.62. The Labute approximate surface area is 81.1 Å². The number of nitrogens with one attached hydrogen (secondary N) is 1. The molecule has 0 spiro atoms. The highest BCUT2D eigenvalue weighted by molar-refractivity contribution is 5.86. The lowest BCUT2D eigenvalue weighted by molar-refractivity contribution is -0.123. The van der Waals surface area contributed by atoms with E-state index in [0.29, 0.717) is 5.78 Å². The molecule has 0 heterocycles. The van der Waals surface area contributed by atoms with E-state index in [-0.39, 0.29) is 16.4 Å². The minimum atomic E-state index is -0.112. The van der Waals surface area contributed by atoms with Crippen molar-refractivity contribution in [2.75, 3.05) is 7.05 Å². The Morgan fingerprint density at radius 1 is 1.38 bits per heavy atom. The lowest BCUT2D eigenvalue weighted by Gasteiger charge is -2.35. The summed E-state index contributed by atoms with van der Waals surface area (Å²) in [6.45, 7) is 10.3. The first kappa shape index (κ1) is 10.7. The van der Waals surface area contributed by atoms with Crippen molar-refractivity contribution in [2.24, 2.45) is 10.8 Å². The molecule has 1 aliphatic rings. The normalized spacial score (nSPS) is 38.9. The van der Waals surface area contributed by atoms with E-state index in [1.54, 1.807) is 6.92 Å². The molecular formula is C11H21NO. The predicted molar refractivity (Wildman–Crippen MR) is 54.7 cm³/mol. The molecule has 0 aromatic carbocycles. The number of carbonyl (C=O) groups excluding carboxylic acids is 1. The Balaban J connectivity index is 2.92. The minimum Gasteiger partial charge on any atom is -0.314 e. The van der Waals surface area contributed by atoms with Gasteiger partial charge < -0.3 is 5.32 Å². The van der Waals surface area contributed by atoms with Crippen LogP contribution in [-0.4, -0.2) is 18.4 Å². The van der Waals surface area contributed by atoms with Gasteiger partial charge in [0.25, 0.3) is 0 Å². The zero-order chi connectivity index (χ0) is 10.5. The molecule has 1 aliphatic carbocycles. The summed E-state index contributed by atoms with van der Waals surface area (Å²) in [5.74, 6) is 0.318. The average Bonchev–Trinajstić information content (AvgIpc) is 2.59. The van der Waals surface area contributed by atoms with Crippen LogP contribution in [0.25, 0.3) is 0 Å². The number of carbonyl (C=O) groups is 1. The molecule has 0 aliphatic heterocycles. The first-order chi connectivity index (χ1) is 5.71. The molecule has 76 valence electrons. The van der Waals surface area contributed by atoms with Gasteiger partial charge in [-0.2, -0.15) is 0 Å². The molecule has 13 heavy (non-hydrogen) atoms. The monoisotopic (exact) mass is 183 g/mol. The zero-order valence-electron chi connectivity index (χ0n) is 9.62. The van der Waals surface area contributed by atoms with Crippen LogP contribution in [0, 0.1) is 10.8 Å². The van der Waals surface area contributed by atoms with Gasteiger partial charge in [0.1, 0.15) is 5.78 Å². The third-order valence-electron chi connectivity index (χ3n) is 4.58. The van der Waals surface area contributed by atoms with Gasteiger partial charge in [-0.3, -0.25) is 4.79 Å². The SMILES string of the molecule is CNC(C)(C)C1(C)CC1(C)C(C)=O. The van der Waals surface area contributed by atoms with Crippen molar-refractivity contribution in [1.82, 2.24) is 5.32 Å². The van der Waals surface area contributed by atoms with Crippen LogP contribution in [0.1, 0.15) is 41.0 Å². The first-order valence-electron chi connectivity index (χ1n) is 4.91. The van der Waals surface area contributed by atoms with Crippen molar-refractivity contribution in [1.29, 1.82) is 0 Å². The molecule has 2 unspecified atom stereocenters. The molecule has 0 radical (unpaired) electrons. The number of rotatable bonds is 3. The molecule has 2 nitrogen and oxygen atoms in total. The molecule has 2 heteroatoms. The maximum Gasteiger partial charge on any atom is 0.136 e. The highest BCUT2D eigenvalue weighted by Crippen LogP contribution is 2.68. The van der Waals surface area contributed by atoms with Gasteiger partial charge in [0.2, 0.25) is 0 Å². The quantitative estimate of drug-likeness (QED) is 0.725. The van der Waals surface area contributed by atoms with Crippen LogP contribution in [0.4, 0.5) is 0 Å². The smallest absolute Gasteiger partial charge is 0.136 e. The average molecular weight is 183 g/mol. The second kappa shape index (κ2) is 2.57. The van der Waals surface area contributed by atoms with Gasteiger partial charge >= 0.3 is 0 Å². The third-order valence-corrected chi connectivity index (χ3v) is 4.58. The van der Waals surface area contributed by atoms with Gasteiger partial charge in [-0.1, -0.05) is 13.8 Å². The van der Waals surface area contributed by atoms with Crippen molar-refractivity contribution in [2.45, 2.75) is 46.6 Å². The molecule has 1 rings (SSSR count). The Morgan fingerprint density at radius 3 is 2.08 bits per heavy atom. The van der Waals surface area contributed by atoms with E-state index in [1.807, 2.05) is 7.05 Å². The molecule has 2 atom stereocenters. The summed E-state index contributed by atoms with van der Waals surface area (Å²) >= 11 is 0. The summed E-state index contributed by atoms with van der Waals surface area (Å²) in [5.41, 5.74) is 0.0352. The van der Waals surface area contributed by atoms with E-state index in [2.05, 4.69) is 33.0 Å². The fraction of sp³-hybridized carbons (Fsp3) is 0.909. The first-order valence-corrected chi connectivity index (χ1v) is 4.91. The van der Waals surface area contributed by atoms with E-state index < -0.39 is 0 Å². The number of hydrogen-bond acceptors (Lipinski definition) is 2. The van der Waals surface area contributed by atoms with Crippen LogP contribution in [0.3, 0.4) is 0 Å². The summed E-state index contributed by atoms with van der Waals surface area (Å²) in [4.78, 5) is 11.5. The Kier molecular flexibility index (Phi) is 2.11. The fourth-order valence-electron chi connectivity index (χ4n) is 2.36. The topological polar surface area (TPSA) is 29.1 Å². The lowest BCUT2D eigenvalue weighted by Crippen LogP contribution is -2.47. The van der Waals surface area contributed by atoms with Gasteiger partial charge in [-0.25, -0.2) is 0 Å². The lowest BCUT2D eigenvalue weighted by atomic mass is 9.78. The molecule has 1 fully saturated rings. The molecule has 1 N–H and O–H groups in total. The van der Waals surface area contributed by atoms with Gasteiger partial charge in [-0.05, 0) is 39.7 Å². The summed E-state index contributed by atoms with van der Waals surface area (Å²) in [6.07, 6.45) is 1.00. The van der Waals surface area contributed by atoms with Crippen molar-refractivity contribution in [3.05, 3.63) is 0 Å². The molecule has 1 saturated carbocycles. The molecular weight excluding hydrogens is 162 g/mol. The highest BCUT2D eigenvalue weighted by atomic mass is 16.1. The van der Waals surface area contributed by atoms with Crippen molar-refractivity contribution < 1.29 is 4.79 Å². The number of ketones is 1. The highest BCUT2D eigenvalue weighted by Gasteiger charge is 2.69. The maximum absolute atomic E-state index is 11.5. The second-order valence-electron chi connectivity index (χ2n) is 5.27. The molecule has 0 bridgehead atoms. The second-order valence-corrected chi connectivity index (χ2v) is 5.27. The van der Waals surface area contributed by atoms with Crippen molar-refractivity contribution >= 4 is 5.78 Å². The van der Waals surface area contributed by atoms with E-state index >= 15 is 0 Å². The summed E-state index contributed by atoms with van der Waals surface area (Å²) in [6, 6.07) is 0. The summed E-state index contributed by atoms with van der Waals surface area (Å²) in [7, 11) is 1.96. The van der Waals surface area contributed by atoms with Crippen molar-refractivity contribution in [3.63, 3.8) is 0 Å². The van der Waals surface area contributed by atoms with Gasteiger partial charge in [0.15, 0.2) is 0 Å². The number of Topliss-reactive ketones (excluding diaryl/α,β-unsaturated/α-hetero) is 1. The fourth-order valence-corrected chi connectivity index (χ4v) is 2.36. The largest absolute Gasteiger partial charge is 0.314 e. The molecule has 0 aromatic heterocycles. The molecule has 0 aromatic rings. The van der Waals surface area contributed by atoms with Crippen LogP contribution in [0.15, 0.2) is 0 Å². The molecule has 0 amide bonds. The maximum atomic E-state index is 11.5. The number of hydrogen-bond donors (Lipinski definition) is 1. The Morgan fingerprint density at radius 2 is 1.85 bits per heavy atom. The van der Waals surface area contributed by atoms with E-state index in [4.69, 9.17) is 0 Å². The standard InChI is InChI=1S/C11H21NO/c1-8(13)10(4)7-11(10,5)9(2,3)12-6/h12H,7H2,1-6H3. The van der Waals surface area contributed by atoms with Crippen LogP contribution in [-0.2, 0) is 4.79 Å². The van der Waals surface area contributed by atoms with Crippen LogP contribution in [0.2, 0.25) is 0 Å². The minimum absolute atomic E-state index is 0.0351. The predicted octanol–water partition coefficient (Wildman–Crippen LogP) is 1.99. The van der Waals surface area contributed by atoms with Gasteiger partial charge in [0, 0.05) is 11.0 Å². The van der Waals surface area contributed by atoms with Crippen LogP contribution < -0.4 is 5.32 Å². The van der Waals surface area contributed by atoms with Gasteiger partial charge in [0.05, 0.1) is 0 Å².